The van der Waals surface area contributed by atoms with Gasteiger partial charge in [0.1, 0.15) is 0 Å². The summed E-state index contributed by atoms with van der Waals surface area (Å²) in [6, 6.07) is 8.87. The molecule has 0 saturated heterocycles. The van der Waals surface area contributed by atoms with E-state index in [0.717, 1.165) is 6.42 Å². The van der Waals surface area contributed by atoms with Gasteiger partial charge in [-0.3, -0.25) is 0 Å². The van der Waals surface area contributed by atoms with Crippen LogP contribution in [0.2, 0.25) is 0 Å². The van der Waals surface area contributed by atoms with Crippen LogP contribution in [0.4, 0.5) is 0 Å². The van der Waals surface area contributed by atoms with Gasteiger partial charge in [0.15, 0.2) is 0 Å². The second kappa shape index (κ2) is 4.63. The fraction of sp³-hybridized carbons (Fsp3) is 0.400. The quantitative estimate of drug-likeness (QED) is 0.783. The van der Waals surface area contributed by atoms with E-state index >= 15 is 0 Å². The second-order valence-corrected chi connectivity index (χ2v) is 4.85. The van der Waals surface area contributed by atoms with Crippen LogP contribution in [0.25, 0.3) is 10.9 Å². The number of aryl methyl sites for hydroxylation is 2. The fourth-order valence-corrected chi connectivity index (χ4v) is 2.24. The summed E-state index contributed by atoms with van der Waals surface area (Å²) in [5, 5.41) is 9.99. The highest BCUT2D eigenvalue weighted by Gasteiger charge is 2.08. The van der Waals surface area contributed by atoms with Crippen molar-refractivity contribution in [3.8, 4) is 6.07 Å². The molecule has 2 aromatic rings. The molecule has 0 aliphatic rings. The first-order chi connectivity index (χ1) is 8.13. The van der Waals surface area contributed by atoms with Crippen molar-refractivity contribution in [2.24, 2.45) is 7.05 Å². The Bertz CT molecular complexity index is 570. The molecule has 0 bridgehead atoms. The van der Waals surface area contributed by atoms with E-state index in [-0.39, 0.29) is 0 Å². The van der Waals surface area contributed by atoms with Crippen LogP contribution in [-0.2, 0) is 13.5 Å². The standard InChI is InChI=1S/C15H18N2/c1-11(2)12-6-7-15-14(9-12)13(5-4-8-16)10-17(15)3/h6-7,9-11H,4-5H2,1-3H3. The van der Waals surface area contributed by atoms with Gasteiger partial charge in [-0.25, -0.2) is 0 Å². The maximum absolute atomic E-state index is 8.69. The van der Waals surface area contributed by atoms with Crippen LogP contribution >= 0.6 is 0 Å². The monoisotopic (exact) mass is 226 g/mol. The van der Waals surface area contributed by atoms with E-state index in [0.29, 0.717) is 12.3 Å². The summed E-state index contributed by atoms with van der Waals surface area (Å²) in [5.74, 6) is 0.545. The highest BCUT2D eigenvalue weighted by Crippen LogP contribution is 2.26. The molecule has 2 nitrogen and oxygen atoms in total. The molecule has 2 heteroatoms. The van der Waals surface area contributed by atoms with Crippen molar-refractivity contribution in [3.63, 3.8) is 0 Å². The summed E-state index contributed by atoms with van der Waals surface area (Å²) in [5.41, 5.74) is 3.90. The molecular weight excluding hydrogens is 208 g/mol. The number of hydrogen-bond acceptors (Lipinski definition) is 1. The summed E-state index contributed by atoms with van der Waals surface area (Å²) in [6.45, 7) is 4.41. The van der Waals surface area contributed by atoms with Crippen molar-refractivity contribution in [2.45, 2.75) is 32.6 Å². The highest BCUT2D eigenvalue weighted by molar-refractivity contribution is 5.84. The molecule has 0 aliphatic heterocycles. The molecule has 0 N–H and O–H groups in total. The summed E-state index contributed by atoms with van der Waals surface area (Å²) in [4.78, 5) is 0. The maximum atomic E-state index is 8.69. The van der Waals surface area contributed by atoms with Gasteiger partial charge >= 0.3 is 0 Å². The Labute approximate surface area is 102 Å². The van der Waals surface area contributed by atoms with Crippen LogP contribution in [0.1, 0.15) is 37.3 Å². The Morgan fingerprint density at radius 1 is 1.35 bits per heavy atom. The first-order valence-corrected chi connectivity index (χ1v) is 6.08. The van der Waals surface area contributed by atoms with E-state index < -0.39 is 0 Å². The Morgan fingerprint density at radius 2 is 2.12 bits per heavy atom. The molecule has 0 amide bonds. The zero-order chi connectivity index (χ0) is 12.4. The normalized spacial score (nSPS) is 11.0. The molecular formula is C15H18N2. The lowest BCUT2D eigenvalue weighted by atomic mass is 9.99. The molecule has 0 atom stereocenters. The third-order valence-corrected chi connectivity index (χ3v) is 3.27. The number of benzene rings is 1. The Hall–Kier alpha value is -1.75. The smallest absolute Gasteiger partial charge is 0.0625 e. The first kappa shape index (κ1) is 11.7. The molecule has 2 rings (SSSR count). The molecule has 17 heavy (non-hydrogen) atoms. The lowest BCUT2D eigenvalue weighted by Gasteiger charge is -2.06. The van der Waals surface area contributed by atoms with Crippen molar-refractivity contribution in [3.05, 3.63) is 35.5 Å². The predicted octanol–water partition coefficient (Wildman–Crippen LogP) is 3.76. The minimum Gasteiger partial charge on any atom is -0.350 e. The molecule has 0 aliphatic carbocycles. The lowest BCUT2D eigenvalue weighted by molar-refractivity contribution is 0.868. The summed E-state index contributed by atoms with van der Waals surface area (Å²) >= 11 is 0. The summed E-state index contributed by atoms with van der Waals surface area (Å²) in [6.07, 6.45) is 3.58. The zero-order valence-corrected chi connectivity index (χ0v) is 10.7. The molecule has 0 radical (unpaired) electrons. The number of rotatable bonds is 3. The van der Waals surface area contributed by atoms with Crippen LogP contribution in [0.5, 0.6) is 0 Å². The van der Waals surface area contributed by atoms with E-state index in [1.54, 1.807) is 0 Å². The molecule has 1 heterocycles. The van der Waals surface area contributed by atoms with Crippen molar-refractivity contribution in [2.75, 3.05) is 0 Å². The average Bonchev–Trinajstić information content (AvgIpc) is 2.63. The molecule has 0 fully saturated rings. The summed E-state index contributed by atoms with van der Waals surface area (Å²) < 4.78 is 2.14. The van der Waals surface area contributed by atoms with Crippen LogP contribution in [0.15, 0.2) is 24.4 Å². The second-order valence-electron chi connectivity index (χ2n) is 4.85. The molecule has 1 aromatic carbocycles. The molecule has 1 aromatic heterocycles. The topological polar surface area (TPSA) is 28.7 Å². The predicted molar refractivity (Wildman–Crippen MR) is 70.9 cm³/mol. The number of fused-ring (bicyclic) bond motifs is 1. The number of nitrogens with zero attached hydrogens (tertiary/aromatic N) is 2. The lowest BCUT2D eigenvalue weighted by Crippen LogP contribution is -1.88. The zero-order valence-electron chi connectivity index (χ0n) is 10.7. The van der Waals surface area contributed by atoms with Crippen molar-refractivity contribution < 1.29 is 0 Å². The average molecular weight is 226 g/mol. The highest BCUT2D eigenvalue weighted by atomic mass is 14.9. The van der Waals surface area contributed by atoms with Crippen LogP contribution in [-0.4, -0.2) is 4.57 Å². The Kier molecular flexibility index (Phi) is 3.19. The van der Waals surface area contributed by atoms with E-state index in [4.69, 9.17) is 5.26 Å². The van der Waals surface area contributed by atoms with Crippen LogP contribution in [0, 0.1) is 11.3 Å². The van der Waals surface area contributed by atoms with Gasteiger partial charge in [-0.05, 0) is 35.6 Å². The van der Waals surface area contributed by atoms with Gasteiger partial charge in [-0.15, -0.1) is 0 Å². The van der Waals surface area contributed by atoms with Gasteiger partial charge in [-0.2, -0.15) is 5.26 Å². The SMILES string of the molecule is CC(C)c1ccc2c(c1)c(CCC#N)cn2C. The van der Waals surface area contributed by atoms with E-state index in [1.807, 2.05) is 0 Å². The number of hydrogen-bond donors (Lipinski definition) is 0. The van der Waals surface area contributed by atoms with Crippen LogP contribution in [0.3, 0.4) is 0 Å². The maximum Gasteiger partial charge on any atom is 0.0625 e. The Balaban J connectivity index is 2.53. The van der Waals surface area contributed by atoms with E-state index in [2.05, 4.69) is 55.9 Å². The molecule has 0 unspecified atom stereocenters. The molecule has 0 spiro atoms. The third kappa shape index (κ3) is 2.19. The summed E-state index contributed by atoms with van der Waals surface area (Å²) in [7, 11) is 2.06. The van der Waals surface area contributed by atoms with E-state index in [9.17, 15) is 0 Å². The minimum atomic E-state index is 0.545. The number of aromatic nitrogens is 1. The van der Waals surface area contributed by atoms with Crippen LogP contribution < -0.4 is 0 Å². The Morgan fingerprint density at radius 3 is 2.76 bits per heavy atom. The van der Waals surface area contributed by atoms with Crippen molar-refractivity contribution in [1.29, 1.82) is 5.26 Å². The fourth-order valence-electron chi connectivity index (χ4n) is 2.24. The van der Waals surface area contributed by atoms with Gasteiger partial charge < -0.3 is 4.57 Å². The van der Waals surface area contributed by atoms with Gasteiger partial charge in [0.25, 0.3) is 0 Å². The van der Waals surface area contributed by atoms with Gasteiger partial charge in [0, 0.05) is 30.6 Å². The number of nitriles is 1. The van der Waals surface area contributed by atoms with Gasteiger partial charge in [0.2, 0.25) is 0 Å². The van der Waals surface area contributed by atoms with Crippen molar-refractivity contribution >= 4 is 10.9 Å². The molecule has 0 saturated carbocycles. The third-order valence-electron chi connectivity index (χ3n) is 3.27. The van der Waals surface area contributed by atoms with Gasteiger partial charge in [-0.1, -0.05) is 19.9 Å². The minimum absolute atomic E-state index is 0.545. The first-order valence-electron chi connectivity index (χ1n) is 6.08. The largest absolute Gasteiger partial charge is 0.350 e. The molecule has 88 valence electrons. The van der Waals surface area contributed by atoms with Gasteiger partial charge in [0.05, 0.1) is 6.07 Å². The van der Waals surface area contributed by atoms with Crippen molar-refractivity contribution in [1.82, 2.24) is 4.57 Å². The van der Waals surface area contributed by atoms with E-state index in [1.165, 1.54) is 22.0 Å².